The molecule has 0 bridgehead atoms. The van der Waals surface area contributed by atoms with Crippen molar-refractivity contribution in [3.63, 3.8) is 0 Å². The summed E-state index contributed by atoms with van der Waals surface area (Å²) in [7, 11) is 0. The second-order valence-corrected chi connectivity index (χ2v) is 10.1. The zero-order chi connectivity index (χ0) is 21.8. The highest BCUT2D eigenvalue weighted by Gasteiger charge is 2.44. The van der Waals surface area contributed by atoms with Crippen molar-refractivity contribution < 1.29 is 14.3 Å². The number of carbonyl (C=O) groups is 2. The number of likely N-dealkylation sites (tertiary alicyclic amines) is 1. The largest absolute Gasteiger partial charge is 0.444 e. The number of ether oxygens (including phenoxy) is 1. The molecule has 1 atom stereocenters. The van der Waals surface area contributed by atoms with E-state index in [2.05, 4.69) is 46.1 Å². The van der Waals surface area contributed by atoms with Crippen molar-refractivity contribution in [2.24, 2.45) is 5.41 Å². The molecule has 1 N–H and O–H groups in total. The second-order valence-electron chi connectivity index (χ2n) is 8.82. The van der Waals surface area contributed by atoms with Crippen LogP contribution >= 0.6 is 22.6 Å². The Bertz CT molecular complexity index is 872. The van der Waals surface area contributed by atoms with Crippen LogP contribution in [0.4, 0.5) is 10.5 Å². The molecule has 2 aromatic rings. The molecular weight excluding hydrogens is 491 g/mol. The fraction of sp³-hybridized carbons (Fsp3) is 0.417. The zero-order valence-corrected chi connectivity index (χ0v) is 19.9. The summed E-state index contributed by atoms with van der Waals surface area (Å²) in [6, 6.07) is 18.0. The Labute approximate surface area is 192 Å². The Hall–Kier alpha value is -2.09. The smallest absolute Gasteiger partial charge is 0.410 e. The van der Waals surface area contributed by atoms with Crippen LogP contribution in [-0.2, 0) is 9.53 Å². The normalized spacial score (nSPS) is 17.1. The summed E-state index contributed by atoms with van der Waals surface area (Å²) >= 11 is 2.29. The lowest BCUT2D eigenvalue weighted by molar-refractivity contribution is -0.120. The van der Waals surface area contributed by atoms with Crippen LogP contribution in [0.3, 0.4) is 0 Å². The van der Waals surface area contributed by atoms with Gasteiger partial charge in [-0.25, -0.2) is 4.79 Å². The average Bonchev–Trinajstić information content (AvgIpc) is 2.71. The summed E-state index contributed by atoms with van der Waals surface area (Å²) in [4.78, 5) is 26.7. The Morgan fingerprint density at radius 2 is 1.80 bits per heavy atom. The van der Waals surface area contributed by atoms with Gasteiger partial charge in [0.15, 0.2) is 0 Å². The number of rotatable bonds is 5. The van der Waals surface area contributed by atoms with Crippen molar-refractivity contribution >= 4 is 40.7 Å². The van der Waals surface area contributed by atoms with Gasteiger partial charge in [-0.3, -0.25) is 0 Å². The number of carbonyl (C=O) groups excluding carboxylic acids is 2. The van der Waals surface area contributed by atoms with Gasteiger partial charge in [0, 0.05) is 22.3 Å². The van der Waals surface area contributed by atoms with Crippen LogP contribution in [0, 0.1) is 8.99 Å². The fourth-order valence-corrected chi connectivity index (χ4v) is 4.40. The molecule has 160 valence electrons. The number of hydrogen-bond donors (Lipinski definition) is 1. The molecule has 5 nitrogen and oxygen atoms in total. The maximum atomic E-state index is 12.5. The summed E-state index contributed by atoms with van der Waals surface area (Å²) in [5.41, 5.74) is 0.899. The van der Waals surface area contributed by atoms with Crippen LogP contribution in [0.15, 0.2) is 54.6 Å². The zero-order valence-electron chi connectivity index (χ0n) is 17.7. The maximum absolute atomic E-state index is 12.5. The predicted molar refractivity (Wildman–Crippen MR) is 128 cm³/mol. The molecular formula is C24H29IN2O3. The van der Waals surface area contributed by atoms with E-state index in [0.717, 1.165) is 21.1 Å². The van der Waals surface area contributed by atoms with Crippen LogP contribution in [0.5, 0.6) is 0 Å². The van der Waals surface area contributed by atoms with E-state index in [0.29, 0.717) is 25.9 Å². The highest BCUT2D eigenvalue weighted by atomic mass is 127. The van der Waals surface area contributed by atoms with Crippen molar-refractivity contribution in [2.45, 2.75) is 45.3 Å². The highest BCUT2D eigenvalue weighted by Crippen LogP contribution is 2.43. The van der Waals surface area contributed by atoms with Gasteiger partial charge in [0.2, 0.25) is 0 Å². The minimum Gasteiger partial charge on any atom is -0.444 e. The summed E-state index contributed by atoms with van der Waals surface area (Å²) in [5.74, 6) is 0. The lowest BCUT2D eigenvalue weighted by atomic mass is 9.71. The topological polar surface area (TPSA) is 58.6 Å². The molecule has 1 aliphatic heterocycles. The quantitative estimate of drug-likeness (QED) is 0.409. The number of amides is 1. The molecule has 1 unspecified atom stereocenters. The maximum Gasteiger partial charge on any atom is 0.410 e. The van der Waals surface area contributed by atoms with E-state index in [1.165, 1.54) is 0 Å². The average molecular weight is 520 g/mol. The van der Waals surface area contributed by atoms with Crippen LogP contribution < -0.4 is 5.32 Å². The highest BCUT2D eigenvalue weighted by molar-refractivity contribution is 14.1. The van der Waals surface area contributed by atoms with Crippen LogP contribution in [-0.4, -0.2) is 36.0 Å². The number of anilines is 1. The van der Waals surface area contributed by atoms with E-state index in [-0.39, 0.29) is 12.1 Å². The van der Waals surface area contributed by atoms with Crippen LogP contribution in [0.2, 0.25) is 0 Å². The van der Waals surface area contributed by atoms with E-state index in [1.54, 1.807) is 4.90 Å². The molecule has 30 heavy (non-hydrogen) atoms. The van der Waals surface area contributed by atoms with E-state index in [9.17, 15) is 9.59 Å². The first kappa shape index (κ1) is 22.6. The van der Waals surface area contributed by atoms with Gasteiger partial charge in [0.1, 0.15) is 11.9 Å². The van der Waals surface area contributed by atoms with E-state index < -0.39 is 11.0 Å². The van der Waals surface area contributed by atoms with Gasteiger partial charge in [-0.15, -0.1) is 0 Å². The third-order valence-corrected chi connectivity index (χ3v) is 6.10. The minimum absolute atomic E-state index is 0.185. The molecule has 0 aromatic heterocycles. The number of hydrogen-bond acceptors (Lipinski definition) is 4. The number of nitrogens with zero attached hydrogens (tertiary/aromatic N) is 1. The summed E-state index contributed by atoms with van der Waals surface area (Å²) in [5, 5.41) is 3.61. The summed E-state index contributed by atoms with van der Waals surface area (Å²) < 4.78 is 6.64. The van der Waals surface area contributed by atoms with Gasteiger partial charge in [0.05, 0.1) is 11.5 Å². The standard InChI is InChI=1S/C24H29IN2O3/c1-23(2,3)30-22(29)27-14-12-24(17-28,13-15-27)21(18-8-5-4-6-9-18)26-20-11-7-10-19(25)16-20/h4-11,16-17,21,26H,12-15H2,1-3H3. The molecule has 0 saturated carbocycles. The second kappa shape index (κ2) is 9.37. The first-order valence-corrected chi connectivity index (χ1v) is 11.3. The Morgan fingerprint density at radius 3 is 2.37 bits per heavy atom. The van der Waals surface area contributed by atoms with E-state index in [4.69, 9.17) is 4.74 Å². The number of benzene rings is 2. The molecule has 0 spiro atoms. The van der Waals surface area contributed by atoms with Gasteiger partial charge in [0.25, 0.3) is 0 Å². The number of piperidine rings is 1. The Morgan fingerprint density at radius 1 is 1.13 bits per heavy atom. The number of aldehydes is 1. The number of halogens is 1. The van der Waals surface area contributed by atoms with E-state index in [1.807, 2.05) is 57.2 Å². The third-order valence-electron chi connectivity index (χ3n) is 5.42. The third kappa shape index (κ3) is 5.53. The Balaban J connectivity index is 1.84. The van der Waals surface area contributed by atoms with Gasteiger partial charge < -0.3 is 19.7 Å². The van der Waals surface area contributed by atoms with Crippen molar-refractivity contribution in [1.82, 2.24) is 4.90 Å². The van der Waals surface area contributed by atoms with Gasteiger partial charge in [-0.05, 0) is 80.0 Å². The van der Waals surface area contributed by atoms with Crippen LogP contribution in [0.1, 0.15) is 45.2 Å². The predicted octanol–water partition coefficient (Wildman–Crippen LogP) is 5.66. The lowest BCUT2D eigenvalue weighted by Crippen LogP contribution is -2.49. The first-order chi connectivity index (χ1) is 14.2. The minimum atomic E-state index is -0.610. The summed E-state index contributed by atoms with van der Waals surface area (Å²) in [6.07, 6.45) is 1.92. The first-order valence-electron chi connectivity index (χ1n) is 10.2. The molecule has 2 aromatic carbocycles. The van der Waals surface area contributed by atoms with Gasteiger partial charge in [-0.1, -0.05) is 36.4 Å². The molecule has 3 rings (SSSR count). The van der Waals surface area contributed by atoms with E-state index >= 15 is 0 Å². The van der Waals surface area contributed by atoms with Crippen molar-refractivity contribution in [3.05, 3.63) is 63.7 Å². The molecule has 1 saturated heterocycles. The molecule has 1 heterocycles. The summed E-state index contributed by atoms with van der Waals surface area (Å²) in [6.45, 7) is 6.57. The van der Waals surface area contributed by atoms with Crippen molar-refractivity contribution in [2.75, 3.05) is 18.4 Å². The molecule has 1 amide bonds. The van der Waals surface area contributed by atoms with Gasteiger partial charge >= 0.3 is 6.09 Å². The lowest BCUT2D eigenvalue weighted by Gasteiger charge is -2.43. The molecule has 0 aliphatic carbocycles. The molecule has 0 radical (unpaired) electrons. The monoisotopic (exact) mass is 520 g/mol. The van der Waals surface area contributed by atoms with Crippen molar-refractivity contribution in [3.8, 4) is 0 Å². The Kier molecular flexibility index (Phi) is 7.06. The van der Waals surface area contributed by atoms with Crippen molar-refractivity contribution in [1.29, 1.82) is 0 Å². The SMILES string of the molecule is CC(C)(C)OC(=O)N1CCC(C=O)(C(Nc2cccc(I)c2)c2ccccc2)CC1. The number of nitrogens with one attached hydrogen (secondary N) is 1. The molecule has 6 heteroatoms. The molecule has 1 aliphatic rings. The van der Waals surface area contributed by atoms with Crippen LogP contribution in [0.25, 0.3) is 0 Å². The fourth-order valence-electron chi connectivity index (χ4n) is 3.86. The van der Waals surface area contributed by atoms with Gasteiger partial charge in [-0.2, -0.15) is 0 Å². The molecule has 1 fully saturated rings.